The molecular formula is C11H13N3O2. The predicted molar refractivity (Wildman–Crippen MR) is 62.8 cm³/mol. The maximum atomic E-state index is 10.6. The van der Waals surface area contributed by atoms with Gasteiger partial charge in [-0.1, -0.05) is 11.8 Å². The highest BCUT2D eigenvalue weighted by Gasteiger charge is 2.12. The van der Waals surface area contributed by atoms with Crippen LogP contribution in [0.5, 0.6) is 0 Å². The molecule has 84 valence electrons. The average Bonchev–Trinajstić information content (AvgIpc) is 2.22. The number of hydrogen-bond acceptors (Lipinski definition) is 4. The van der Waals surface area contributed by atoms with Crippen LogP contribution in [0.1, 0.15) is 17.5 Å². The van der Waals surface area contributed by atoms with Crippen LogP contribution in [0.4, 0.5) is 11.4 Å². The summed E-state index contributed by atoms with van der Waals surface area (Å²) in [4.78, 5) is 10.2. The topological polar surface area (TPSA) is 95.2 Å². The molecule has 0 aliphatic rings. The number of nitro groups is 1. The number of nitrogens with zero attached hydrogens (tertiary/aromatic N) is 1. The zero-order chi connectivity index (χ0) is 12.1. The van der Waals surface area contributed by atoms with Crippen molar-refractivity contribution >= 4 is 11.4 Å². The maximum Gasteiger partial charge on any atom is 0.274 e. The summed E-state index contributed by atoms with van der Waals surface area (Å²) < 4.78 is 0. The molecule has 1 aromatic rings. The molecule has 0 saturated heterocycles. The van der Waals surface area contributed by atoms with Crippen LogP contribution in [-0.4, -0.2) is 11.5 Å². The first-order chi connectivity index (χ1) is 7.56. The fourth-order valence-corrected chi connectivity index (χ4v) is 1.25. The maximum absolute atomic E-state index is 10.6. The van der Waals surface area contributed by atoms with Crippen LogP contribution in [0, 0.1) is 28.9 Å². The van der Waals surface area contributed by atoms with Gasteiger partial charge in [0, 0.05) is 30.2 Å². The number of nitrogens with two attached hydrogens (primary N) is 2. The summed E-state index contributed by atoms with van der Waals surface area (Å²) in [6, 6.07) is 2.96. The summed E-state index contributed by atoms with van der Waals surface area (Å²) >= 11 is 0. The number of nitro benzene ring substituents is 1. The summed E-state index contributed by atoms with van der Waals surface area (Å²) in [5.41, 5.74) is 12.5. The molecule has 5 heteroatoms. The molecule has 1 rings (SSSR count). The molecule has 0 spiro atoms. The van der Waals surface area contributed by atoms with Gasteiger partial charge in [0.15, 0.2) is 0 Å². The minimum absolute atomic E-state index is 0.0156. The number of aryl methyl sites for hydroxylation is 1. The molecule has 0 saturated carbocycles. The van der Waals surface area contributed by atoms with E-state index in [2.05, 4.69) is 11.8 Å². The highest BCUT2D eigenvalue weighted by atomic mass is 16.6. The van der Waals surface area contributed by atoms with E-state index in [4.69, 9.17) is 11.5 Å². The zero-order valence-corrected chi connectivity index (χ0v) is 8.99. The van der Waals surface area contributed by atoms with Gasteiger partial charge in [-0.2, -0.15) is 0 Å². The molecule has 1 aromatic carbocycles. The number of rotatable bonds is 2. The SMILES string of the molecule is Cc1cc(C#CCCN)c(N)cc1[N+](=O)[O-]. The molecule has 0 unspecified atom stereocenters. The van der Waals surface area contributed by atoms with Crippen molar-refractivity contribution in [2.24, 2.45) is 5.73 Å². The van der Waals surface area contributed by atoms with E-state index in [0.29, 0.717) is 29.8 Å². The molecule has 0 aliphatic carbocycles. The number of anilines is 1. The van der Waals surface area contributed by atoms with Crippen molar-refractivity contribution in [3.05, 3.63) is 33.4 Å². The second-order valence-electron chi connectivity index (χ2n) is 3.32. The first-order valence-corrected chi connectivity index (χ1v) is 4.79. The molecular weight excluding hydrogens is 206 g/mol. The van der Waals surface area contributed by atoms with E-state index in [1.54, 1.807) is 13.0 Å². The molecule has 0 bridgehead atoms. The van der Waals surface area contributed by atoms with Crippen molar-refractivity contribution in [1.29, 1.82) is 0 Å². The van der Waals surface area contributed by atoms with Crippen LogP contribution in [0.2, 0.25) is 0 Å². The lowest BCUT2D eigenvalue weighted by Gasteiger charge is -2.01. The van der Waals surface area contributed by atoms with Crippen molar-refractivity contribution in [2.75, 3.05) is 12.3 Å². The van der Waals surface area contributed by atoms with E-state index < -0.39 is 4.92 Å². The minimum Gasteiger partial charge on any atom is -0.398 e. The largest absolute Gasteiger partial charge is 0.398 e. The molecule has 0 fully saturated rings. The Morgan fingerprint density at radius 1 is 1.50 bits per heavy atom. The van der Waals surface area contributed by atoms with Crippen LogP contribution >= 0.6 is 0 Å². The van der Waals surface area contributed by atoms with E-state index in [1.807, 2.05) is 0 Å². The standard InChI is InChI=1S/C11H13N3O2/c1-8-6-9(4-2-3-5-12)10(13)7-11(8)14(15)16/h6-7H,3,5,12-13H2,1H3. The summed E-state index contributed by atoms with van der Waals surface area (Å²) in [6.07, 6.45) is 0.579. The second kappa shape index (κ2) is 5.14. The van der Waals surface area contributed by atoms with E-state index >= 15 is 0 Å². The Hall–Kier alpha value is -2.06. The smallest absolute Gasteiger partial charge is 0.274 e. The van der Waals surface area contributed by atoms with Crippen molar-refractivity contribution in [3.63, 3.8) is 0 Å². The van der Waals surface area contributed by atoms with E-state index in [-0.39, 0.29) is 5.69 Å². The fourth-order valence-electron chi connectivity index (χ4n) is 1.25. The fraction of sp³-hybridized carbons (Fsp3) is 0.273. The van der Waals surface area contributed by atoms with Crippen molar-refractivity contribution in [1.82, 2.24) is 0 Å². The molecule has 4 N–H and O–H groups in total. The van der Waals surface area contributed by atoms with Crippen LogP contribution < -0.4 is 11.5 Å². The summed E-state index contributed by atoms with van der Waals surface area (Å²) in [6.45, 7) is 2.14. The predicted octanol–water partition coefficient (Wildman–Crippen LogP) is 1.19. The van der Waals surface area contributed by atoms with Crippen LogP contribution in [-0.2, 0) is 0 Å². The summed E-state index contributed by atoms with van der Waals surface area (Å²) in [7, 11) is 0. The lowest BCUT2D eigenvalue weighted by atomic mass is 10.1. The van der Waals surface area contributed by atoms with Crippen molar-refractivity contribution in [3.8, 4) is 11.8 Å². The lowest BCUT2D eigenvalue weighted by molar-refractivity contribution is -0.385. The quantitative estimate of drug-likeness (QED) is 0.338. The third-order valence-corrected chi connectivity index (χ3v) is 2.06. The Bertz CT molecular complexity index is 472. The number of hydrogen-bond donors (Lipinski definition) is 2. The summed E-state index contributed by atoms with van der Waals surface area (Å²) in [5.74, 6) is 5.69. The van der Waals surface area contributed by atoms with Crippen molar-refractivity contribution in [2.45, 2.75) is 13.3 Å². The molecule has 0 aromatic heterocycles. The van der Waals surface area contributed by atoms with Gasteiger partial charge in [0.2, 0.25) is 0 Å². The normalized spacial score (nSPS) is 9.38. The Balaban J connectivity index is 3.12. The molecule has 5 nitrogen and oxygen atoms in total. The lowest BCUT2D eigenvalue weighted by Crippen LogP contribution is -1.98. The Kier molecular flexibility index (Phi) is 3.86. The Morgan fingerprint density at radius 3 is 2.75 bits per heavy atom. The van der Waals surface area contributed by atoms with Crippen LogP contribution in [0.25, 0.3) is 0 Å². The van der Waals surface area contributed by atoms with Crippen molar-refractivity contribution < 1.29 is 4.92 Å². The van der Waals surface area contributed by atoms with E-state index in [1.165, 1.54) is 6.07 Å². The highest BCUT2D eigenvalue weighted by molar-refractivity contribution is 5.63. The molecule has 0 heterocycles. The number of benzene rings is 1. The summed E-state index contributed by atoms with van der Waals surface area (Å²) in [5, 5.41) is 10.6. The van der Waals surface area contributed by atoms with Gasteiger partial charge >= 0.3 is 0 Å². The first-order valence-electron chi connectivity index (χ1n) is 4.79. The number of nitrogen functional groups attached to an aromatic ring is 1. The molecule has 0 aliphatic heterocycles. The Labute approximate surface area is 93.6 Å². The second-order valence-corrected chi connectivity index (χ2v) is 3.32. The van der Waals surface area contributed by atoms with Gasteiger partial charge in [0.1, 0.15) is 0 Å². The van der Waals surface area contributed by atoms with Gasteiger partial charge in [-0.3, -0.25) is 10.1 Å². The van der Waals surface area contributed by atoms with E-state index in [0.717, 1.165) is 0 Å². The van der Waals surface area contributed by atoms with Crippen LogP contribution in [0.3, 0.4) is 0 Å². The Morgan fingerprint density at radius 2 is 2.19 bits per heavy atom. The monoisotopic (exact) mass is 219 g/mol. The molecule has 0 radical (unpaired) electrons. The zero-order valence-electron chi connectivity index (χ0n) is 8.99. The molecule has 16 heavy (non-hydrogen) atoms. The van der Waals surface area contributed by atoms with E-state index in [9.17, 15) is 10.1 Å². The molecule has 0 amide bonds. The highest BCUT2D eigenvalue weighted by Crippen LogP contribution is 2.23. The van der Waals surface area contributed by atoms with Gasteiger partial charge in [-0.15, -0.1) is 0 Å². The first kappa shape index (κ1) is 12.0. The third kappa shape index (κ3) is 2.72. The minimum atomic E-state index is -0.456. The van der Waals surface area contributed by atoms with Gasteiger partial charge in [-0.05, 0) is 13.0 Å². The van der Waals surface area contributed by atoms with Gasteiger partial charge in [-0.25, -0.2) is 0 Å². The molecule has 0 atom stereocenters. The average molecular weight is 219 g/mol. The van der Waals surface area contributed by atoms with Gasteiger partial charge in [0.25, 0.3) is 5.69 Å². The third-order valence-electron chi connectivity index (χ3n) is 2.06. The van der Waals surface area contributed by atoms with Gasteiger partial charge < -0.3 is 11.5 Å². The van der Waals surface area contributed by atoms with Crippen LogP contribution in [0.15, 0.2) is 12.1 Å². The van der Waals surface area contributed by atoms with Gasteiger partial charge in [0.05, 0.1) is 10.6 Å².